The summed E-state index contributed by atoms with van der Waals surface area (Å²) < 4.78 is 1.11. The van der Waals surface area contributed by atoms with E-state index in [9.17, 15) is 0 Å². The molecule has 0 aliphatic rings. The van der Waals surface area contributed by atoms with E-state index in [1.807, 2.05) is 18.2 Å². The van der Waals surface area contributed by atoms with Crippen LogP contribution in [0.15, 0.2) is 23.1 Å². The van der Waals surface area contributed by atoms with Crippen molar-refractivity contribution < 1.29 is 0 Å². The third-order valence-electron chi connectivity index (χ3n) is 1.60. The maximum absolute atomic E-state index is 5.89. The number of benzene rings is 1. The van der Waals surface area contributed by atoms with Crippen LogP contribution >= 0.6 is 35.6 Å². The molecule has 0 fully saturated rings. The molecular weight excluding hydrogens is 210 g/mol. The lowest BCUT2D eigenvalue weighted by Crippen LogP contribution is -1.72. The summed E-state index contributed by atoms with van der Waals surface area (Å²) in [5, 5.41) is 2.58. The van der Waals surface area contributed by atoms with Crippen LogP contribution in [-0.4, -0.2) is 0 Å². The molecule has 12 heavy (non-hydrogen) atoms. The number of halogens is 1. The minimum Gasteiger partial charge on any atom is -0.391 e. The zero-order valence-corrected chi connectivity index (χ0v) is 8.51. The van der Waals surface area contributed by atoms with E-state index < -0.39 is 0 Å². The lowest BCUT2D eigenvalue weighted by atomic mass is 10.3. The number of thiol groups is 1. The third-order valence-corrected chi connectivity index (χ3v) is 3.35. The van der Waals surface area contributed by atoms with Crippen LogP contribution in [0.1, 0.15) is 0 Å². The van der Waals surface area contributed by atoms with Crippen molar-refractivity contribution in [3.05, 3.63) is 23.2 Å². The molecule has 1 aromatic carbocycles. The average molecular weight is 216 g/mol. The SMILES string of the molecule is Nc1cc2cc(S)c(Cl)cc2s1. The molecule has 1 nitrogen and oxygen atoms in total. The Kier molecular flexibility index (Phi) is 1.94. The molecule has 0 saturated heterocycles. The zero-order chi connectivity index (χ0) is 8.72. The average Bonchev–Trinajstić information content (AvgIpc) is 2.30. The Bertz CT molecular complexity index is 397. The smallest absolute Gasteiger partial charge is 0.0868 e. The highest BCUT2D eigenvalue weighted by Gasteiger charge is 2.02. The molecule has 4 heteroatoms. The van der Waals surface area contributed by atoms with Gasteiger partial charge in [0.05, 0.1) is 10.0 Å². The molecular formula is C8H6ClNS2. The van der Waals surface area contributed by atoms with E-state index in [0.29, 0.717) is 5.02 Å². The summed E-state index contributed by atoms with van der Waals surface area (Å²) in [4.78, 5) is 0.793. The fourth-order valence-electron chi connectivity index (χ4n) is 1.07. The van der Waals surface area contributed by atoms with Crippen LogP contribution in [0.2, 0.25) is 5.02 Å². The van der Waals surface area contributed by atoms with Crippen LogP contribution in [0.25, 0.3) is 10.1 Å². The van der Waals surface area contributed by atoms with Gasteiger partial charge in [0, 0.05) is 9.60 Å². The van der Waals surface area contributed by atoms with Gasteiger partial charge in [0.15, 0.2) is 0 Å². The first kappa shape index (κ1) is 8.23. The van der Waals surface area contributed by atoms with Crippen molar-refractivity contribution in [2.75, 3.05) is 5.73 Å². The Morgan fingerprint density at radius 2 is 2.08 bits per heavy atom. The van der Waals surface area contributed by atoms with E-state index in [-0.39, 0.29) is 0 Å². The monoisotopic (exact) mass is 215 g/mol. The zero-order valence-electron chi connectivity index (χ0n) is 6.04. The number of hydrogen-bond acceptors (Lipinski definition) is 3. The minimum absolute atomic E-state index is 0.674. The number of nitrogens with two attached hydrogens (primary N) is 1. The van der Waals surface area contributed by atoms with Gasteiger partial charge in [-0.2, -0.15) is 0 Å². The Hall–Kier alpha value is -0.380. The Morgan fingerprint density at radius 1 is 1.33 bits per heavy atom. The van der Waals surface area contributed by atoms with Crippen molar-refractivity contribution in [1.82, 2.24) is 0 Å². The van der Waals surface area contributed by atoms with E-state index in [0.717, 1.165) is 20.0 Å². The number of anilines is 1. The van der Waals surface area contributed by atoms with Crippen LogP contribution in [-0.2, 0) is 0 Å². The van der Waals surface area contributed by atoms with Crippen molar-refractivity contribution in [3.8, 4) is 0 Å². The molecule has 1 aromatic heterocycles. The van der Waals surface area contributed by atoms with Crippen molar-refractivity contribution >= 4 is 50.7 Å². The van der Waals surface area contributed by atoms with Gasteiger partial charge in [-0.15, -0.1) is 24.0 Å². The van der Waals surface area contributed by atoms with Crippen molar-refractivity contribution in [2.45, 2.75) is 4.90 Å². The summed E-state index contributed by atoms with van der Waals surface area (Å²) in [6, 6.07) is 5.74. The van der Waals surface area contributed by atoms with E-state index in [1.54, 1.807) is 0 Å². The van der Waals surface area contributed by atoms with Gasteiger partial charge in [-0.3, -0.25) is 0 Å². The fourth-order valence-corrected chi connectivity index (χ4v) is 2.35. The fraction of sp³-hybridized carbons (Fsp3) is 0. The summed E-state index contributed by atoms with van der Waals surface area (Å²) in [6.45, 7) is 0. The van der Waals surface area contributed by atoms with Crippen molar-refractivity contribution in [2.24, 2.45) is 0 Å². The topological polar surface area (TPSA) is 26.0 Å². The second kappa shape index (κ2) is 2.83. The second-order valence-corrected chi connectivity index (χ2v) is 4.49. The van der Waals surface area contributed by atoms with Gasteiger partial charge in [0.25, 0.3) is 0 Å². The van der Waals surface area contributed by atoms with E-state index in [1.165, 1.54) is 11.3 Å². The molecule has 0 aliphatic carbocycles. The summed E-state index contributed by atoms with van der Waals surface area (Å²) in [5.74, 6) is 0. The van der Waals surface area contributed by atoms with E-state index in [2.05, 4.69) is 12.6 Å². The third kappa shape index (κ3) is 1.28. The Morgan fingerprint density at radius 3 is 2.83 bits per heavy atom. The first-order valence-corrected chi connectivity index (χ1v) is 4.98. The minimum atomic E-state index is 0.674. The highest BCUT2D eigenvalue weighted by Crippen LogP contribution is 2.33. The van der Waals surface area contributed by atoms with Crippen LogP contribution < -0.4 is 5.73 Å². The Balaban J connectivity index is 2.83. The lowest BCUT2D eigenvalue weighted by Gasteiger charge is -1.94. The molecule has 0 unspecified atom stereocenters. The van der Waals surface area contributed by atoms with E-state index in [4.69, 9.17) is 17.3 Å². The van der Waals surface area contributed by atoms with Crippen LogP contribution in [0.5, 0.6) is 0 Å². The van der Waals surface area contributed by atoms with E-state index >= 15 is 0 Å². The van der Waals surface area contributed by atoms with Gasteiger partial charge < -0.3 is 5.73 Å². The highest BCUT2D eigenvalue weighted by molar-refractivity contribution is 7.80. The van der Waals surface area contributed by atoms with Crippen molar-refractivity contribution in [3.63, 3.8) is 0 Å². The maximum atomic E-state index is 5.89. The molecule has 0 saturated carbocycles. The first-order valence-electron chi connectivity index (χ1n) is 3.34. The number of hydrogen-bond donors (Lipinski definition) is 2. The summed E-state index contributed by atoms with van der Waals surface area (Å²) in [7, 11) is 0. The molecule has 0 radical (unpaired) electrons. The normalized spacial score (nSPS) is 10.8. The van der Waals surface area contributed by atoms with Gasteiger partial charge in [-0.1, -0.05) is 11.6 Å². The molecule has 62 valence electrons. The standard InChI is InChI=1S/C8H6ClNS2/c9-5-3-7-4(1-6(5)11)2-8(10)12-7/h1-3,11H,10H2. The maximum Gasteiger partial charge on any atom is 0.0868 e. The summed E-state index contributed by atoms with van der Waals surface area (Å²) >= 11 is 11.6. The molecule has 0 bridgehead atoms. The number of rotatable bonds is 0. The van der Waals surface area contributed by atoms with Gasteiger partial charge in [0.2, 0.25) is 0 Å². The largest absolute Gasteiger partial charge is 0.391 e. The number of fused-ring (bicyclic) bond motifs is 1. The molecule has 0 aliphatic heterocycles. The molecule has 0 spiro atoms. The van der Waals surface area contributed by atoms with Crippen LogP contribution in [0.4, 0.5) is 5.00 Å². The highest BCUT2D eigenvalue weighted by atomic mass is 35.5. The van der Waals surface area contributed by atoms with Gasteiger partial charge in [0.1, 0.15) is 0 Å². The first-order chi connectivity index (χ1) is 5.66. The van der Waals surface area contributed by atoms with Gasteiger partial charge >= 0.3 is 0 Å². The molecule has 0 amide bonds. The molecule has 2 rings (SSSR count). The number of nitrogen functional groups attached to an aromatic ring is 1. The predicted octanol–water partition coefficient (Wildman–Crippen LogP) is 3.43. The summed E-state index contributed by atoms with van der Waals surface area (Å²) in [5.41, 5.74) is 5.64. The van der Waals surface area contributed by atoms with Crippen LogP contribution in [0.3, 0.4) is 0 Å². The molecule has 1 heterocycles. The molecule has 0 atom stereocenters. The van der Waals surface area contributed by atoms with Crippen molar-refractivity contribution in [1.29, 1.82) is 0 Å². The Labute approximate surface area is 84.6 Å². The molecule has 2 aromatic rings. The van der Waals surface area contributed by atoms with Gasteiger partial charge in [-0.05, 0) is 23.6 Å². The van der Waals surface area contributed by atoms with Crippen LogP contribution in [0, 0.1) is 0 Å². The van der Waals surface area contributed by atoms with Gasteiger partial charge in [-0.25, -0.2) is 0 Å². The quantitative estimate of drug-likeness (QED) is 0.647. The summed E-state index contributed by atoms with van der Waals surface area (Å²) in [6.07, 6.45) is 0. The predicted molar refractivity (Wildman–Crippen MR) is 58.5 cm³/mol. The second-order valence-electron chi connectivity index (χ2n) is 2.49. The molecule has 2 N–H and O–H groups in total. The number of thiophene rings is 1. The lowest BCUT2D eigenvalue weighted by molar-refractivity contribution is 1.54.